The number of nitrogens with one attached hydrogen (secondary N) is 1. The molecule has 0 aliphatic heterocycles. The van der Waals surface area contributed by atoms with Gasteiger partial charge >= 0.3 is 5.69 Å². The molecule has 0 heterocycles. The Hall–Kier alpha value is -3.01. The molecule has 0 atom stereocenters. The molecule has 0 amide bonds. The maximum Gasteiger partial charge on any atom is 0.305 e. The Kier molecular flexibility index (Phi) is 4.09. The topological polar surface area (TPSA) is 79.0 Å². The zero-order chi connectivity index (χ0) is 15.4. The summed E-state index contributed by atoms with van der Waals surface area (Å²) in [5.74, 6) is -1.61. The molecule has 1 N–H and O–H groups in total. The molecule has 0 bridgehead atoms. The second-order valence-corrected chi connectivity index (χ2v) is 4.17. The van der Waals surface area contributed by atoms with Crippen LogP contribution in [0.4, 0.5) is 20.2 Å². The molecule has 0 saturated carbocycles. The first-order chi connectivity index (χ1) is 10.0. The van der Waals surface area contributed by atoms with Gasteiger partial charge in [0.1, 0.15) is 5.82 Å². The average Bonchev–Trinajstić information content (AvgIpc) is 2.46. The highest BCUT2D eigenvalue weighted by molar-refractivity contribution is 5.49. The fourth-order valence-electron chi connectivity index (χ4n) is 1.76. The SMILES string of the molecule is N#Cc1ccc(NCc2cccc([N+](=O)[O-])c2F)c(F)c1. The van der Waals surface area contributed by atoms with Gasteiger partial charge in [-0.05, 0) is 18.2 Å². The standard InChI is InChI=1S/C14H9F2N3O2/c15-11-6-9(7-17)4-5-12(11)18-8-10-2-1-3-13(14(10)16)19(20)21/h1-6,18H,8H2. The van der Waals surface area contributed by atoms with Crippen LogP contribution in [0.1, 0.15) is 11.1 Å². The highest BCUT2D eigenvalue weighted by Crippen LogP contribution is 2.22. The lowest BCUT2D eigenvalue weighted by Crippen LogP contribution is -2.05. The number of nitriles is 1. The van der Waals surface area contributed by atoms with Crippen molar-refractivity contribution in [1.29, 1.82) is 5.26 Å². The van der Waals surface area contributed by atoms with Crippen LogP contribution in [0, 0.1) is 33.1 Å². The zero-order valence-electron chi connectivity index (χ0n) is 10.6. The molecule has 5 nitrogen and oxygen atoms in total. The molecule has 2 aromatic rings. The van der Waals surface area contributed by atoms with Crippen molar-refractivity contribution in [2.75, 3.05) is 5.32 Å². The Balaban J connectivity index is 2.19. The van der Waals surface area contributed by atoms with Crippen LogP contribution >= 0.6 is 0 Å². The van der Waals surface area contributed by atoms with E-state index in [1.165, 1.54) is 24.3 Å². The number of rotatable bonds is 4. The van der Waals surface area contributed by atoms with Crippen molar-refractivity contribution in [3.63, 3.8) is 0 Å². The summed E-state index contributed by atoms with van der Waals surface area (Å²) in [4.78, 5) is 9.81. The lowest BCUT2D eigenvalue weighted by atomic mass is 10.1. The molecule has 0 unspecified atom stereocenters. The predicted molar refractivity (Wildman–Crippen MR) is 71.5 cm³/mol. The molecular formula is C14H9F2N3O2. The molecule has 0 aliphatic carbocycles. The number of anilines is 1. The van der Waals surface area contributed by atoms with Gasteiger partial charge in [-0.25, -0.2) is 4.39 Å². The quantitative estimate of drug-likeness (QED) is 0.691. The Morgan fingerprint density at radius 3 is 2.67 bits per heavy atom. The molecule has 106 valence electrons. The first-order valence-electron chi connectivity index (χ1n) is 5.88. The minimum absolute atomic E-state index is 0.0490. The van der Waals surface area contributed by atoms with Crippen molar-refractivity contribution in [3.8, 4) is 6.07 Å². The number of hydrogen-bond donors (Lipinski definition) is 1. The maximum absolute atomic E-state index is 13.8. The van der Waals surface area contributed by atoms with E-state index >= 15 is 0 Å². The largest absolute Gasteiger partial charge is 0.378 e. The van der Waals surface area contributed by atoms with Gasteiger partial charge in [0.05, 0.1) is 22.2 Å². The van der Waals surface area contributed by atoms with Crippen molar-refractivity contribution < 1.29 is 13.7 Å². The maximum atomic E-state index is 13.8. The van der Waals surface area contributed by atoms with Gasteiger partial charge < -0.3 is 5.32 Å². The summed E-state index contributed by atoms with van der Waals surface area (Å²) in [5, 5.41) is 21.9. The van der Waals surface area contributed by atoms with Gasteiger partial charge in [-0.1, -0.05) is 12.1 Å². The van der Waals surface area contributed by atoms with Crippen LogP contribution in [0.3, 0.4) is 0 Å². The van der Waals surface area contributed by atoms with Crippen molar-refractivity contribution in [3.05, 3.63) is 69.3 Å². The van der Waals surface area contributed by atoms with E-state index in [9.17, 15) is 18.9 Å². The van der Waals surface area contributed by atoms with Crippen molar-refractivity contribution >= 4 is 11.4 Å². The molecule has 21 heavy (non-hydrogen) atoms. The van der Waals surface area contributed by atoms with E-state index < -0.39 is 22.2 Å². The van der Waals surface area contributed by atoms with Crippen LogP contribution in [0.25, 0.3) is 0 Å². The lowest BCUT2D eigenvalue weighted by molar-refractivity contribution is -0.387. The Labute approximate surface area is 118 Å². The third kappa shape index (κ3) is 3.12. The number of benzene rings is 2. The first-order valence-corrected chi connectivity index (χ1v) is 5.88. The Morgan fingerprint density at radius 1 is 1.29 bits per heavy atom. The molecule has 0 aliphatic rings. The predicted octanol–water partition coefficient (Wildman–Crippen LogP) is 3.36. The van der Waals surface area contributed by atoms with Gasteiger partial charge in [0, 0.05) is 18.2 Å². The van der Waals surface area contributed by atoms with Gasteiger partial charge in [-0.2, -0.15) is 9.65 Å². The first kappa shape index (κ1) is 14.4. The second-order valence-electron chi connectivity index (χ2n) is 4.17. The Bertz CT molecular complexity index is 741. The van der Waals surface area contributed by atoms with Crippen LogP contribution < -0.4 is 5.32 Å². The van der Waals surface area contributed by atoms with Gasteiger partial charge in [-0.3, -0.25) is 10.1 Å². The fraction of sp³-hybridized carbons (Fsp3) is 0.0714. The van der Waals surface area contributed by atoms with Crippen LogP contribution in [-0.4, -0.2) is 4.92 Å². The van der Waals surface area contributed by atoms with Gasteiger partial charge in [0.2, 0.25) is 5.82 Å². The zero-order valence-corrected chi connectivity index (χ0v) is 10.6. The fourth-order valence-corrected chi connectivity index (χ4v) is 1.76. The van der Waals surface area contributed by atoms with Gasteiger partial charge in [0.15, 0.2) is 0 Å². The number of nitrogens with zero attached hydrogens (tertiary/aromatic N) is 2. The monoisotopic (exact) mass is 289 g/mol. The molecule has 2 rings (SSSR count). The van der Waals surface area contributed by atoms with E-state index in [4.69, 9.17) is 5.26 Å². The smallest absolute Gasteiger partial charge is 0.305 e. The molecule has 0 saturated heterocycles. The van der Waals surface area contributed by atoms with Crippen molar-refractivity contribution in [2.24, 2.45) is 0 Å². The number of hydrogen-bond acceptors (Lipinski definition) is 4. The summed E-state index contributed by atoms with van der Waals surface area (Å²) < 4.78 is 27.5. The number of nitro groups is 1. The second kappa shape index (κ2) is 5.96. The van der Waals surface area contributed by atoms with Crippen LogP contribution in [0.2, 0.25) is 0 Å². The minimum Gasteiger partial charge on any atom is -0.378 e. The third-order valence-corrected chi connectivity index (χ3v) is 2.82. The Morgan fingerprint density at radius 2 is 2.05 bits per heavy atom. The molecule has 7 heteroatoms. The molecule has 0 radical (unpaired) electrons. The minimum atomic E-state index is -0.955. The lowest BCUT2D eigenvalue weighted by Gasteiger charge is -2.08. The van der Waals surface area contributed by atoms with Crippen molar-refractivity contribution in [2.45, 2.75) is 6.54 Å². The summed E-state index contributed by atoms with van der Waals surface area (Å²) in [6.45, 7) is -0.115. The molecule has 0 fully saturated rings. The van der Waals surface area contributed by atoms with Crippen LogP contribution in [0.15, 0.2) is 36.4 Å². The summed E-state index contributed by atoms with van der Waals surface area (Å²) >= 11 is 0. The van der Waals surface area contributed by atoms with E-state index in [2.05, 4.69) is 5.32 Å². The van der Waals surface area contributed by atoms with Crippen molar-refractivity contribution in [1.82, 2.24) is 0 Å². The molecular weight excluding hydrogens is 280 g/mol. The highest BCUT2D eigenvalue weighted by Gasteiger charge is 2.17. The number of nitro benzene ring substituents is 1. The normalized spacial score (nSPS) is 9.95. The van der Waals surface area contributed by atoms with Gasteiger partial charge in [0.25, 0.3) is 0 Å². The van der Waals surface area contributed by atoms with E-state index in [-0.39, 0.29) is 23.4 Å². The molecule has 2 aromatic carbocycles. The third-order valence-electron chi connectivity index (χ3n) is 2.82. The van der Waals surface area contributed by atoms with E-state index in [1.807, 2.05) is 0 Å². The van der Waals surface area contributed by atoms with E-state index in [0.29, 0.717) is 0 Å². The summed E-state index contributed by atoms with van der Waals surface area (Å²) in [6, 6.07) is 9.39. The highest BCUT2D eigenvalue weighted by atomic mass is 19.1. The summed E-state index contributed by atoms with van der Waals surface area (Å²) in [7, 11) is 0. The van der Waals surface area contributed by atoms with E-state index in [1.54, 1.807) is 6.07 Å². The number of halogens is 2. The summed E-state index contributed by atoms with van der Waals surface area (Å²) in [6.07, 6.45) is 0. The van der Waals surface area contributed by atoms with Crippen LogP contribution in [0.5, 0.6) is 0 Å². The summed E-state index contributed by atoms with van der Waals surface area (Å²) in [5.41, 5.74) is -0.331. The molecule has 0 aromatic heterocycles. The van der Waals surface area contributed by atoms with E-state index in [0.717, 1.165) is 12.1 Å². The van der Waals surface area contributed by atoms with Crippen LogP contribution in [-0.2, 0) is 6.54 Å². The molecule has 0 spiro atoms. The van der Waals surface area contributed by atoms with Gasteiger partial charge in [-0.15, -0.1) is 0 Å². The average molecular weight is 289 g/mol.